The largest absolute Gasteiger partial charge is 0.455 e. The van der Waals surface area contributed by atoms with Gasteiger partial charge in [0.1, 0.15) is 22.7 Å². The number of pyridine rings is 1. The molecule has 488 valence electrons. The van der Waals surface area contributed by atoms with Crippen molar-refractivity contribution < 1.29 is 8.83 Å². The van der Waals surface area contributed by atoms with Crippen molar-refractivity contribution in [2.24, 2.45) is 0 Å². The van der Waals surface area contributed by atoms with Gasteiger partial charge in [0.15, 0.2) is 17.5 Å². The van der Waals surface area contributed by atoms with Crippen molar-refractivity contribution in [3.8, 4) is 124 Å². The fourth-order valence-corrected chi connectivity index (χ4v) is 14.6. The second-order valence-electron chi connectivity index (χ2n) is 26.1. The first-order valence-corrected chi connectivity index (χ1v) is 35.0. The van der Waals surface area contributed by atoms with E-state index in [-0.39, 0.29) is 0 Å². The molecule has 0 atom stereocenters. The molecule has 0 unspecified atom stereocenters. The average Bonchev–Trinajstić information content (AvgIpc) is 1.57. The smallest absolute Gasteiger partial charge is 0.164 e. The topological polar surface area (TPSA) is 87.7 Å². The van der Waals surface area contributed by atoms with Crippen LogP contribution < -0.4 is 0 Å². The van der Waals surface area contributed by atoms with Crippen molar-refractivity contribution in [1.29, 1.82) is 0 Å². The number of rotatable bonds is 12. The highest BCUT2D eigenvalue weighted by atomic mass is 16.3. The van der Waals surface area contributed by atoms with E-state index in [4.69, 9.17) is 28.8 Å². The first-order valence-electron chi connectivity index (χ1n) is 35.0. The summed E-state index contributed by atoms with van der Waals surface area (Å²) in [5, 5.41) is 6.69. The van der Waals surface area contributed by atoms with Crippen LogP contribution in [0.3, 0.4) is 0 Å². The Morgan fingerprint density at radius 1 is 0.202 bits per heavy atom. The second-order valence-corrected chi connectivity index (χ2v) is 26.1. The fraction of sp³-hybridized carbons (Fsp3) is 0. The molecule has 0 saturated heterocycles. The number of fused-ring (bicyclic) bond motifs is 10. The zero-order chi connectivity index (χ0) is 68.9. The van der Waals surface area contributed by atoms with Gasteiger partial charge in [-0.25, -0.2) is 19.9 Å². The second kappa shape index (κ2) is 26.2. The van der Waals surface area contributed by atoms with Gasteiger partial charge in [-0.3, -0.25) is 0 Å². The molecule has 8 nitrogen and oxygen atoms in total. The van der Waals surface area contributed by atoms with E-state index < -0.39 is 0 Å². The Hall–Kier alpha value is -14.1. The highest BCUT2D eigenvalue weighted by Crippen LogP contribution is 2.43. The van der Waals surface area contributed by atoms with Crippen molar-refractivity contribution in [3.63, 3.8) is 0 Å². The maximum atomic E-state index is 6.62. The number of furan rings is 2. The summed E-state index contributed by atoms with van der Waals surface area (Å²) in [6.07, 6.45) is 0. The van der Waals surface area contributed by atoms with Crippen LogP contribution in [0.5, 0.6) is 0 Å². The summed E-state index contributed by atoms with van der Waals surface area (Å²) in [7, 11) is 0. The zero-order valence-corrected chi connectivity index (χ0v) is 56.3. The van der Waals surface area contributed by atoms with Crippen molar-refractivity contribution in [2.75, 3.05) is 0 Å². The van der Waals surface area contributed by atoms with Gasteiger partial charge in [-0.15, -0.1) is 0 Å². The molecule has 0 saturated carbocycles. The molecule has 0 radical (unpaired) electrons. The summed E-state index contributed by atoms with van der Waals surface area (Å²) in [4.78, 5) is 20.3. The molecule has 20 rings (SSSR count). The highest BCUT2D eigenvalue weighted by Gasteiger charge is 2.22. The van der Waals surface area contributed by atoms with Gasteiger partial charge in [-0.05, 0) is 118 Å². The molecular formula is C96H62N6O2. The summed E-state index contributed by atoms with van der Waals surface area (Å²) >= 11 is 0. The summed E-state index contributed by atoms with van der Waals surface area (Å²) in [5.74, 6) is 3.60. The van der Waals surface area contributed by atoms with Gasteiger partial charge >= 0.3 is 0 Å². The number of nitrogens with zero attached hydrogens (tertiary/aromatic N) is 6. The minimum Gasteiger partial charge on any atom is -0.455 e. The van der Waals surface area contributed by atoms with Crippen LogP contribution in [-0.2, 0) is 0 Å². The fourth-order valence-electron chi connectivity index (χ4n) is 14.6. The molecule has 0 N–H and O–H groups in total. The van der Waals surface area contributed by atoms with Crippen LogP contribution in [0.1, 0.15) is 0 Å². The molecule has 14 aromatic carbocycles. The van der Waals surface area contributed by atoms with Crippen LogP contribution >= 0.6 is 0 Å². The van der Waals surface area contributed by atoms with Crippen LogP contribution in [-0.4, -0.2) is 29.1 Å². The maximum Gasteiger partial charge on any atom is 0.164 e. The summed E-state index contributed by atoms with van der Waals surface area (Å²) in [5.41, 5.74) is 24.2. The molecule has 104 heavy (non-hydrogen) atoms. The molecule has 20 aromatic rings. The lowest BCUT2D eigenvalue weighted by molar-refractivity contribution is 0.635. The average molecular weight is 1330 g/mol. The Balaban J connectivity index is 0.000000143. The van der Waals surface area contributed by atoms with Crippen molar-refractivity contribution in [3.05, 3.63) is 376 Å². The highest BCUT2D eigenvalue weighted by molar-refractivity contribution is 6.21. The van der Waals surface area contributed by atoms with Crippen molar-refractivity contribution in [2.45, 2.75) is 0 Å². The van der Waals surface area contributed by atoms with Gasteiger partial charge in [0.25, 0.3) is 0 Å². The van der Waals surface area contributed by atoms with Gasteiger partial charge < -0.3 is 18.0 Å². The molecule has 8 heteroatoms. The lowest BCUT2D eigenvalue weighted by atomic mass is 9.97. The van der Waals surface area contributed by atoms with E-state index in [0.717, 1.165) is 150 Å². The number of para-hydroxylation sites is 2. The SMILES string of the molecule is c1ccc(-c2ccc(-c3cc(-c4ccccc4)nc(-c4ccc(-n5c6ccccc6c6c7oc(-c8ccccc8)cc7ccc65)cc4)c3)cc2)cc1.c1ccc(-c2ccc(-c3nc(-c4ccccc4)nc(-c4cccc(-n5c6ccccc6c6c7oc(-c8ccccc8)cc7ccc65)c4)n3)cc2)cc1. The third-order valence-corrected chi connectivity index (χ3v) is 19.7. The molecule has 0 bridgehead atoms. The molecule has 6 heterocycles. The number of benzene rings is 14. The minimum atomic E-state index is 0.611. The lowest BCUT2D eigenvalue weighted by Crippen LogP contribution is -2.01. The van der Waals surface area contributed by atoms with Crippen LogP contribution in [0, 0.1) is 0 Å². The van der Waals surface area contributed by atoms with Gasteiger partial charge in [0.2, 0.25) is 0 Å². The number of hydrogen-bond acceptors (Lipinski definition) is 6. The van der Waals surface area contributed by atoms with Gasteiger partial charge in [0.05, 0.1) is 44.2 Å². The maximum absolute atomic E-state index is 6.62. The van der Waals surface area contributed by atoms with Crippen LogP contribution in [0.25, 0.3) is 190 Å². The van der Waals surface area contributed by atoms with Gasteiger partial charge in [0, 0.05) is 71.9 Å². The molecular weight excluding hydrogens is 1270 g/mol. The van der Waals surface area contributed by atoms with E-state index in [9.17, 15) is 0 Å². The van der Waals surface area contributed by atoms with Crippen molar-refractivity contribution >= 4 is 65.6 Å². The first-order chi connectivity index (χ1) is 51.5. The number of aromatic nitrogens is 6. The summed E-state index contributed by atoms with van der Waals surface area (Å²) < 4.78 is 17.9. The van der Waals surface area contributed by atoms with E-state index in [1.54, 1.807) is 0 Å². The van der Waals surface area contributed by atoms with Crippen LogP contribution in [0.4, 0.5) is 0 Å². The molecule has 0 fully saturated rings. The molecule has 0 aliphatic heterocycles. The lowest BCUT2D eigenvalue weighted by Gasteiger charge is -2.12. The normalized spacial score (nSPS) is 11.5. The van der Waals surface area contributed by atoms with Crippen LogP contribution in [0.15, 0.2) is 385 Å². The Kier molecular flexibility index (Phi) is 15.4. The third kappa shape index (κ3) is 11.3. The molecule has 0 aliphatic rings. The minimum absolute atomic E-state index is 0.611. The quantitative estimate of drug-likeness (QED) is 0.121. The van der Waals surface area contributed by atoms with Crippen LogP contribution in [0.2, 0.25) is 0 Å². The van der Waals surface area contributed by atoms with Gasteiger partial charge in [-0.1, -0.05) is 291 Å². The van der Waals surface area contributed by atoms with Gasteiger partial charge in [-0.2, -0.15) is 0 Å². The Bertz CT molecular complexity index is 6530. The van der Waals surface area contributed by atoms with E-state index >= 15 is 0 Å². The third-order valence-electron chi connectivity index (χ3n) is 19.7. The monoisotopic (exact) mass is 1330 g/mol. The first kappa shape index (κ1) is 61.0. The summed E-state index contributed by atoms with van der Waals surface area (Å²) in [6, 6.07) is 131. The Labute approximate surface area is 600 Å². The predicted molar refractivity (Wildman–Crippen MR) is 427 cm³/mol. The standard InChI is InChI=1S/C49H32N2O.C47H30N4O/c1-4-12-33(13-5-1)34-20-22-35(23-21-34)40-30-43(36-14-6-2-7-15-36)50-44(31-40)37-24-27-41(28-25-37)51-45-19-11-10-18-42(45)48-46(51)29-26-39-32-47(52-49(39)48)38-16-8-3-9-17-38;1-4-13-31(14-5-1)32-23-25-35(26-24-32)46-48-45(34-17-8-3-9-18-34)49-47(50-46)37-19-12-20-38(29-37)51-40-22-11-10-21-39(40)43-41(51)28-27-36-30-42(52-44(36)43)33-15-6-2-7-16-33/h1-32H;1-30H. The summed E-state index contributed by atoms with van der Waals surface area (Å²) in [6.45, 7) is 0. The Morgan fingerprint density at radius 3 is 1.01 bits per heavy atom. The van der Waals surface area contributed by atoms with E-state index in [2.05, 4.69) is 306 Å². The molecule has 6 aromatic heterocycles. The van der Waals surface area contributed by atoms with Crippen molar-refractivity contribution in [1.82, 2.24) is 29.1 Å². The van der Waals surface area contributed by atoms with E-state index in [1.807, 2.05) is 78.9 Å². The molecule has 0 amide bonds. The molecule has 0 aliphatic carbocycles. The number of hydrogen-bond donors (Lipinski definition) is 0. The predicted octanol–water partition coefficient (Wildman–Crippen LogP) is 25.3. The zero-order valence-electron chi connectivity index (χ0n) is 56.3. The molecule has 0 spiro atoms. The Morgan fingerprint density at radius 2 is 0.538 bits per heavy atom. The van der Waals surface area contributed by atoms with E-state index in [1.165, 1.54) is 22.1 Å². The van der Waals surface area contributed by atoms with E-state index in [0.29, 0.717) is 17.5 Å².